The predicted molar refractivity (Wildman–Crippen MR) is 91.9 cm³/mol. The van der Waals surface area contributed by atoms with E-state index >= 15 is 0 Å². The second-order valence-corrected chi connectivity index (χ2v) is 5.18. The SMILES string of the molecule is COc1cccc2c(NCc3ccc(B(O)O)cc3)ccnc12. The topological polar surface area (TPSA) is 74.6 Å². The Morgan fingerprint density at radius 3 is 2.57 bits per heavy atom. The number of aromatic nitrogens is 1. The average Bonchev–Trinajstić information content (AvgIpc) is 2.59. The number of hydrogen-bond donors (Lipinski definition) is 3. The Morgan fingerprint density at radius 1 is 1.09 bits per heavy atom. The van der Waals surface area contributed by atoms with E-state index in [-0.39, 0.29) is 0 Å². The quantitative estimate of drug-likeness (QED) is 0.623. The maximum Gasteiger partial charge on any atom is 0.488 e. The summed E-state index contributed by atoms with van der Waals surface area (Å²) >= 11 is 0. The number of fused-ring (bicyclic) bond motifs is 1. The first-order valence-corrected chi connectivity index (χ1v) is 7.29. The highest BCUT2D eigenvalue weighted by Gasteiger charge is 2.10. The monoisotopic (exact) mass is 308 g/mol. The average molecular weight is 308 g/mol. The van der Waals surface area contributed by atoms with Gasteiger partial charge in [-0.1, -0.05) is 36.4 Å². The summed E-state index contributed by atoms with van der Waals surface area (Å²) in [6, 6.07) is 14.9. The number of benzene rings is 2. The Morgan fingerprint density at radius 2 is 1.87 bits per heavy atom. The number of ether oxygens (including phenoxy) is 1. The minimum Gasteiger partial charge on any atom is -0.494 e. The number of rotatable bonds is 5. The Balaban J connectivity index is 1.82. The van der Waals surface area contributed by atoms with Gasteiger partial charge in [0, 0.05) is 23.8 Å². The second-order valence-electron chi connectivity index (χ2n) is 5.18. The lowest BCUT2D eigenvalue weighted by molar-refractivity contribution is 0.419. The van der Waals surface area contributed by atoms with Crippen molar-refractivity contribution in [3.8, 4) is 5.75 Å². The summed E-state index contributed by atoms with van der Waals surface area (Å²) in [7, 11) is 0.196. The van der Waals surface area contributed by atoms with Crippen LogP contribution in [-0.4, -0.2) is 29.3 Å². The van der Waals surface area contributed by atoms with Crippen LogP contribution in [0.4, 0.5) is 5.69 Å². The Bertz CT molecular complexity index is 807. The van der Waals surface area contributed by atoms with Gasteiger partial charge < -0.3 is 20.1 Å². The van der Waals surface area contributed by atoms with E-state index in [1.165, 1.54) is 0 Å². The molecule has 1 heterocycles. The number of hydrogen-bond acceptors (Lipinski definition) is 5. The Kier molecular flexibility index (Phi) is 4.46. The van der Waals surface area contributed by atoms with Crippen molar-refractivity contribution in [1.82, 2.24) is 4.98 Å². The molecule has 0 amide bonds. The van der Waals surface area contributed by atoms with Crippen molar-refractivity contribution in [1.29, 1.82) is 0 Å². The molecule has 6 heteroatoms. The highest BCUT2D eigenvalue weighted by atomic mass is 16.5. The van der Waals surface area contributed by atoms with Crippen LogP contribution in [0.25, 0.3) is 10.9 Å². The molecule has 0 saturated carbocycles. The summed E-state index contributed by atoms with van der Waals surface area (Å²) in [6.45, 7) is 0.623. The third-order valence-electron chi connectivity index (χ3n) is 3.71. The molecule has 3 rings (SSSR count). The molecule has 0 aliphatic carbocycles. The summed E-state index contributed by atoms with van der Waals surface area (Å²) in [5.74, 6) is 0.743. The van der Waals surface area contributed by atoms with Crippen LogP contribution in [-0.2, 0) is 6.54 Å². The molecule has 0 bridgehead atoms. The van der Waals surface area contributed by atoms with Crippen LogP contribution in [0.15, 0.2) is 54.7 Å². The zero-order chi connectivity index (χ0) is 16.2. The maximum absolute atomic E-state index is 9.11. The van der Waals surface area contributed by atoms with Gasteiger partial charge in [-0.2, -0.15) is 0 Å². The lowest BCUT2D eigenvalue weighted by atomic mass is 9.80. The normalized spacial score (nSPS) is 10.6. The first kappa shape index (κ1) is 15.3. The molecular weight excluding hydrogens is 291 g/mol. The standard InChI is InChI=1S/C17H17BN2O3/c1-23-16-4-2-3-14-15(9-10-19-17(14)16)20-11-12-5-7-13(8-6-12)18(21)22/h2-10,21-22H,11H2,1H3,(H,19,20). The largest absolute Gasteiger partial charge is 0.494 e. The maximum atomic E-state index is 9.11. The van der Waals surface area contributed by atoms with Crippen LogP contribution < -0.4 is 15.5 Å². The number of methoxy groups -OCH3 is 1. The highest BCUT2D eigenvalue weighted by molar-refractivity contribution is 6.58. The summed E-state index contributed by atoms with van der Waals surface area (Å²) in [5, 5.41) is 22.6. The van der Waals surface area contributed by atoms with Crippen LogP contribution in [0, 0.1) is 0 Å². The summed E-state index contributed by atoms with van der Waals surface area (Å²) in [5.41, 5.74) is 3.31. The minimum absolute atomic E-state index is 0.479. The molecule has 23 heavy (non-hydrogen) atoms. The first-order chi connectivity index (χ1) is 11.2. The van der Waals surface area contributed by atoms with Crippen molar-refractivity contribution in [2.24, 2.45) is 0 Å². The van der Waals surface area contributed by atoms with E-state index in [0.29, 0.717) is 12.0 Å². The highest BCUT2D eigenvalue weighted by Crippen LogP contribution is 2.28. The molecule has 0 unspecified atom stereocenters. The van der Waals surface area contributed by atoms with Gasteiger partial charge in [-0.05, 0) is 23.2 Å². The van der Waals surface area contributed by atoms with E-state index in [1.807, 2.05) is 36.4 Å². The summed E-state index contributed by atoms with van der Waals surface area (Å²) in [4.78, 5) is 4.38. The van der Waals surface area contributed by atoms with Crippen molar-refractivity contribution in [2.45, 2.75) is 6.54 Å². The van der Waals surface area contributed by atoms with Crippen LogP contribution in [0.1, 0.15) is 5.56 Å². The van der Waals surface area contributed by atoms with Crippen molar-refractivity contribution in [3.63, 3.8) is 0 Å². The summed E-state index contributed by atoms with van der Waals surface area (Å²) < 4.78 is 5.34. The first-order valence-electron chi connectivity index (χ1n) is 7.29. The lowest BCUT2D eigenvalue weighted by Crippen LogP contribution is -2.29. The van der Waals surface area contributed by atoms with Crippen LogP contribution >= 0.6 is 0 Å². The lowest BCUT2D eigenvalue weighted by Gasteiger charge is -2.11. The molecule has 0 fully saturated rings. The van der Waals surface area contributed by atoms with Crippen molar-refractivity contribution in [3.05, 3.63) is 60.3 Å². The zero-order valence-corrected chi connectivity index (χ0v) is 12.7. The zero-order valence-electron chi connectivity index (χ0n) is 12.7. The molecule has 0 atom stereocenters. The van der Waals surface area contributed by atoms with Crippen molar-refractivity contribution < 1.29 is 14.8 Å². The second kappa shape index (κ2) is 6.68. The van der Waals surface area contributed by atoms with Crippen LogP contribution in [0.3, 0.4) is 0 Å². The van der Waals surface area contributed by atoms with Crippen LogP contribution in [0.5, 0.6) is 5.75 Å². The molecule has 0 aliphatic heterocycles. The van der Waals surface area contributed by atoms with E-state index in [9.17, 15) is 0 Å². The molecule has 2 aromatic carbocycles. The van der Waals surface area contributed by atoms with Gasteiger partial charge in [-0.25, -0.2) is 0 Å². The molecule has 0 spiro atoms. The van der Waals surface area contributed by atoms with Crippen LogP contribution in [0.2, 0.25) is 0 Å². The Labute approximate surface area is 134 Å². The summed E-state index contributed by atoms with van der Waals surface area (Å²) in [6.07, 6.45) is 1.75. The van der Waals surface area contributed by atoms with E-state index in [4.69, 9.17) is 14.8 Å². The molecule has 0 radical (unpaired) electrons. The number of anilines is 1. The van der Waals surface area contributed by atoms with Gasteiger partial charge in [0.15, 0.2) is 0 Å². The van der Waals surface area contributed by atoms with Gasteiger partial charge in [-0.15, -0.1) is 0 Å². The van der Waals surface area contributed by atoms with E-state index in [1.54, 1.807) is 25.4 Å². The fraction of sp³-hybridized carbons (Fsp3) is 0.118. The van der Waals surface area contributed by atoms with Crippen molar-refractivity contribution >= 4 is 29.2 Å². The third kappa shape index (κ3) is 3.28. The molecule has 0 aliphatic rings. The van der Waals surface area contributed by atoms with Gasteiger partial charge in [0.05, 0.1) is 7.11 Å². The molecule has 1 aromatic heterocycles. The third-order valence-corrected chi connectivity index (χ3v) is 3.71. The van der Waals surface area contributed by atoms with E-state index < -0.39 is 7.12 Å². The fourth-order valence-electron chi connectivity index (χ4n) is 2.47. The smallest absolute Gasteiger partial charge is 0.488 e. The molecule has 3 N–H and O–H groups in total. The molecular formula is C17H17BN2O3. The minimum atomic E-state index is -1.44. The van der Waals surface area contributed by atoms with Gasteiger partial charge in [0.2, 0.25) is 0 Å². The van der Waals surface area contributed by atoms with Gasteiger partial charge in [0.25, 0.3) is 0 Å². The molecule has 0 saturated heterocycles. The fourth-order valence-corrected chi connectivity index (χ4v) is 2.47. The number of pyridine rings is 1. The molecule has 3 aromatic rings. The number of nitrogens with one attached hydrogen (secondary N) is 1. The van der Waals surface area contributed by atoms with Crippen molar-refractivity contribution in [2.75, 3.05) is 12.4 Å². The van der Waals surface area contributed by atoms with Gasteiger partial charge in [-0.3, -0.25) is 4.98 Å². The van der Waals surface area contributed by atoms with Gasteiger partial charge >= 0.3 is 7.12 Å². The van der Waals surface area contributed by atoms with E-state index in [0.717, 1.165) is 27.9 Å². The van der Waals surface area contributed by atoms with Gasteiger partial charge in [0.1, 0.15) is 11.3 Å². The number of nitrogens with zero attached hydrogens (tertiary/aromatic N) is 1. The molecule has 116 valence electrons. The Hall–Kier alpha value is -2.57. The number of para-hydroxylation sites is 1. The molecule has 5 nitrogen and oxygen atoms in total. The van der Waals surface area contributed by atoms with E-state index in [2.05, 4.69) is 10.3 Å². The predicted octanol–water partition coefficient (Wildman–Crippen LogP) is 1.54.